The SMILES string of the molecule is COCc1nn2c(-c3ccc(OC)cc3)ccnc2c1-c1ccccc1. The number of hydrogen-bond donors (Lipinski definition) is 0. The topological polar surface area (TPSA) is 48.7 Å². The number of ether oxygens (including phenoxy) is 2. The van der Waals surface area contributed by atoms with Crippen LogP contribution < -0.4 is 4.74 Å². The van der Waals surface area contributed by atoms with Crippen molar-refractivity contribution in [2.24, 2.45) is 0 Å². The molecule has 26 heavy (non-hydrogen) atoms. The van der Waals surface area contributed by atoms with E-state index in [4.69, 9.17) is 14.6 Å². The molecule has 0 aliphatic carbocycles. The molecule has 5 nitrogen and oxygen atoms in total. The molecule has 130 valence electrons. The average molecular weight is 345 g/mol. The predicted molar refractivity (Wildman–Crippen MR) is 101 cm³/mol. The quantitative estimate of drug-likeness (QED) is 0.543. The predicted octanol–water partition coefficient (Wildman–Crippen LogP) is 4.22. The van der Waals surface area contributed by atoms with Gasteiger partial charge in [0, 0.05) is 18.9 Å². The summed E-state index contributed by atoms with van der Waals surface area (Å²) in [5.74, 6) is 0.824. The lowest BCUT2D eigenvalue weighted by molar-refractivity contribution is 0.181. The Kier molecular flexibility index (Phi) is 4.37. The van der Waals surface area contributed by atoms with Crippen molar-refractivity contribution >= 4 is 5.65 Å². The minimum atomic E-state index is 0.426. The van der Waals surface area contributed by atoms with Gasteiger partial charge < -0.3 is 9.47 Å². The average Bonchev–Trinajstić information content (AvgIpc) is 3.07. The van der Waals surface area contributed by atoms with Crippen molar-refractivity contribution in [3.8, 4) is 28.1 Å². The first-order chi connectivity index (χ1) is 12.8. The summed E-state index contributed by atoms with van der Waals surface area (Å²) in [6.45, 7) is 0.426. The molecule has 0 radical (unpaired) electrons. The summed E-state index contributed by atoms with van der Waals surface area (Å²) in [6.07, 6.45) is 1.82. The molecule has 5 heteroatoms. The molecule has 0 atom stereocenters. The van der Waals surface area contributed by atoms with E-state index in [0.29, 0.717) is 6.61 Å². The molecule has 0 saturated heterocycles. The third kappa shape index (κ3) is 2.82. The maximum Gasteiger partial charge on any atom is 0.163 e. The molecular formula is C21H19N3O2. The van der Waals surface area contributed by atoms with Crippen LogP contribution in [-0.4, -0.2) is 28.8 Å². The number of aromatic nitrogens is 3. The van der Waals surface area contributed by atoms with E-state index in [9.17, 15) is 0 Å². The highest BCUT2D eigenvalue weighted by Gasteiger charge is 2.18. The van der Waals surface area contributed by atoms with Crippen LogP contribution >= 0.6 is 0 Å². The van der Waals surface area contributed by atoms with E-state index in [1.807, 2.05) is 59.2 Å². The van der Waals surface area contributed by atoms with Crippen LogP contribution in [0.4, 0.5) is 0 Å². The van der Waals surface area contributed by atoms with Crippen molar-refractivity contribution in [1.29, 1.82) is 0 Å². The Morgan fingerprint density at radius 3 is 2.35 bits per heavy atom. The number of fused-ring (bicyclic) bond motifs is 1. The minimum Gasteiger partial charge on any atom is -0.497 e. The number of rotatable bonds is 5. The molecule has 0 aliphatic heterocycles. The van der Waals surface area contributed by atoms with Crippen LogP contribution in [0.25, 0.3) is 28.0 Å². The van der Waals surface area contributed by atoms with Gasteiger partial charge in [0.15, 0.2) is 5.65 Å². The standard InChI is InChI=1S/C21H19N3O2/c1-25-14-18-20(16-6-4-3-5-7-16)21-22-13-12-19(24(21)23-18)15-8-10-17(26-2)11-9-15/h3-13H,14H2,1-2H3. The van der Waals surface area contributed by atoms with Crippen molar-refractivity contribution in [2.75, 3.05) is 14.2 Å². The molecule has 0 unspecified atom stereocenters. The summed E-state index contributed by atoms with van der Waals surface area (Å²) < 4.78 is 12.5. The van der Waals surface area contributed by atoms with Gasteiger partial charge in [-0.3, -0.25) is 0 Å². The maximum atomic E-state index is 5.38. The molecular weight excluding hydrogens is 326 g/mol. The Balaban J connectivity index is 1.94. The number of benzene rings is 2. The molecule has 4 aromatic rings. The molecule has 0 aliphatic rings. The molecule has 0 spiro atoms. The van der Waals surface area contributed by atoms with Gasteiger partial charge in [-0.2, -0.15) is 5.10 Å². The van der Waals surface area contributed by atoms with Gasteiger partial charge in [-0.15, -0.1) is 0 Å². The van der Waals surface area contributed by atoms with Crippen molar-refractivity contribution in [3.63, 3.8) is 0 Å². The Bertz CT molecular complexity index is 1020. The van der Waals surface area contributed by atoms with E-state index in [0.717, 1.165) is 39.5 Å². The number of hydrogen-bond acceptors (Lipinski definition) is 4. The van der Waals surface area contributed by atoms with Gasteiger partial charge >= 0.3 is 0 Å². The van der Waals surface area contributed by atoms with Crippen LogP contribution in [-0.2, 0) is 11.3 Å². The zero-order valence-corrected chi connectivity index (χ0v) is 14.7. The zero-order valence-electron chi connectivity index (χ0n) is 14.7. The molecule has 2 aromatic carbocycles. The van der Waals surface area contributed by atoms with E-state index in [-0.39, 0.29) is 0 Å². The fraction of sp³-hybridized carbons (Fsp3) is 0.143. The summed E-state index contributed by atoms with van der Waals surface area (Å²) in [6, 6.07) is 20.1. The zero-order chi connectivity index (χ0) is 17.9. The first-order valence-electron chi connectivity index (χ1n) is 8.37. The molecule has 0 N–H and O–H groups in total. The normalized spacial score (nSPS) is 11.0. The second kappa shape index (κ2) is 6.98. The van der Waals surface area contributed by atoms with E-state index in [2.05, 4.69) is 17.1 Å². The van der Waals surface area contributed by atoms with Gasteiger partial charge in [0.25, 0.3) is 0 Å². The third-order valence-corrected chi connectivity index (χ3v) is 4.32. The summed E-state index contributed by atoms with van der Waals surface area (Å²) in [7, 11) is 3.34. The Morgan fingerprint density at radius 1 is 0.885 bits per heavy atom. The van der Waals surface area contributed by atoms with Crippen molar-refractivity contribution in [2.45, 2.75) is 6.61 Å². The lowest BCUT2D eigenvalue weighted by Gasteiger charge is -2.06. The second-order valence-corrected chi connectivity index (χ2v) is 5.91. The van der Waals surface area contributed by atoms with Gasteiger partial charge in [-0.05, 0) is 35.9 Å². The summed E-state index contributed by atoms with van der Waals surface area (Å²) in [5, 5.41) is 4.80. The molecule has 0 bridgehead atoms. The Hall–Kier alpha value is -3.18. The molecule has 4 rings (SSSR count). The van der Waals surface area contributed by atoms with Gasteiger partial charge in [0.1, 0.15) is 5.75 Å². The smallest absolute Gasteiger partial charge is 0.163 e. The highest BCUT2D eigenvalue weighted by atomic mass is 16.5. The Labute approximate surface area is 151 Å². The monoisotopic (exact) mass is 345 g/mol. The summed E-state index contributed by atoms with van der Waals surface area (Å²) in [5.41, 5.74) is 5.78. The fourth-order valence-electron chi connectivity index (χ4n) is 3.11. The maximum absolute atomic E-state index is 5.38. The van der Waals surface area contributed by atoms with Crippen molar-refractivity contribution < 1.29 is 9.47 Å². The molecule has 2 aromatic heterocycles. The molecule has 2 heterocycles. The van der Waals surface area contributed by atoms with Gasteiger partial charge in [0.05, 0.1) is 30.7 Å². The highest BCUT2D eigenvalue weighted by molar-refractivity contribution is 5.81. The fourth-order valence-corrected chi connectivity index (χ4v) is 3.11. The minimum absolute atomic E-state index is 0.426. The van der Waals surface area contributed by atoms with Gasteiger partial charge in [-0.1, -0.05) is 30.3 Å². The van der Waals surface area contributed by atoms with Crippen molar-refractivity contribution in [1.82, 2.24) is 14.6 Å². The second-order valence-electron chi connectivity index (χ2n) is 5.91. The molecule has 0 fully saturated rings. The lowest BCUT2D eigenvalue weighted by Crippen LogP contribution is -1.96. The van der Waals surface area contributed by atoms with E-state index < -0.39 is 0 Å². The molecule has 0 amide bonds. The van der Waals surface area contributed by atoms with E-state index in [1.165, 1.54) is 0 Å². The van der Waals surface area contributed by atoms with E-state index >= 15 is 0 Å². The van der Waals surface area contributed by atoms with Crippen LogP contribution in [0.3, 0.4) is 0 Å². The third-order valence-electron chi connectivity index (χ3n) is 4.32. The number of methoxy groups -OCH3 is 2. The van der Waals surface area contributed by atoms with Gasteiger partial charge in [0.2, 0.25) is 0 Å². The first-order valence-corrected chi connectivity index (χ1v) is 8.37. The first kappa shape index (κ1) is 16.3. The lowest BCUT2D eigenvalue weighted by atomic mass is 10.1. The largest absolute Gasteiger partial charge is 0.497 e. The molecule has 0 saturated carbocycles. The summed E-state index contributed by atoms with van der Waals surface area (Å²) >= 11 is 0. The van der Waals surface area contributed by atoms with Crippen LogP contribution in [0.15, 0.2) is 66.9 Å². The number of nitrogens with zero attached hydrogens (tertiary/aromatic N) is 3. The van der Waals surface area contributed by atoms with Gasteiger partial charge in [-0.25, -0.2) is 9.50 Å². The van der Waals surface area contributed by atoms with Crippen LogP contribution in [0, 0.1) is 0 Å². The van der Waals surface area contributed by atoms with Crippen LogP contribution in [0.1, 0.15) is 5.69 Å². The Morgan fingerprint density at radius 2 is 1.65 bits per heavy atom. The van der Waals surface area contributed by atoms with Crippen LogP contribution in [0.2, 0.25) is 0 Å². The summed E-state index contributed by atoms with van der Waals surface area (Å²) in [4.78, 5) is 4.60. The van der Waals surface area contributed by atoms with Crippen LogP contribution in [0.5, 0.6) is 5.75 Å². The highest BCUT2D eigenvalue weighted by Crippen LogP contribution is 2.31. The van der Waals surface area contributed by atoms with Crippen molar-refractivity contribution in [3.05, 3.63) is 72.6 Å². The van der Waals surface area contributed by atoms with E-state index in [1.54, 1.807) is 14.2 Å².